The first-order valence-electron chi connectivity index (χ1n) is 12.1. The second-order valence-electron chi connectivity index (χ2n) is 9.14. The van der Waals surface area contributed by atoms with Crippen LogP contribution in [0.1, 0.15) is 64.9 Å². The summed E-state index contributed by atoms with van der Waals surface area (Å²) in [6.45, 7) is 10.3. The van der Waals surface area contributed by atoms with Crippen molar-refractivity contribution in [3.05, 3.63) is 88.0 Å². The summed E-state index contributed by atoms with van der Waals surface area (Å²) < 4.78 is 2.41. The normalized spacial score (nSPS) is 16.9. The molecule has 5 heteroatoms. The van der Waals surface area contributed by atoms with Crippen molar-refractivity contribution in [3.8, 4) is 0 Å². The van der Waals surface area contributed by atoms with Gasteiger partial charge in [0.1, 0.15) is 11.9 Å². The van der Waals surface area contributed by atoms with E-state index in [0.29, 0.717) is 0 Å². The van der Waals surface area contributed by atoms with Crippen LogP contribution in [-0.2, 0) is 24.2 Å². The fourth-order valence-corrected chi connectivity index (χ4v) is 5.25. The van der Waals surface area contributed by atoms with Gasteiger partial charge >= 0.3 is 0 Å². The van der Waals surface area contributed by atoms with Crippen LogP contribution in [0.25, 0.3) is 0 Å². The van der Waals surface area contributed by atoms with Gasteiger partial charge in [-0.05, 0) is 55.9 Å². The monoisotopic (exact) mass is 444 g/mol. The maximum atomic E-state index is 13.2. The predicted octanol–water partition coefficient (Wildman–Crippen LogP) is 4.85. The number of rotatable bonds is 7. The molecule has 1 amide bonds. The molecule has 0 radical (unpaired) electrons. The van der Waals surface area contributed by atoms with E-state index in [1.807, 2.05) is 18.2 Å². The molecule has 0 aliphatic carbocycles. The van der Waals surface area contributed by atoms with E-state index in [2.05, 4.69) is 72.8 Å². The molecule has 0 bridgehead atoms. The van der Waals surface area contributed by atoms with Crippen LogP contribution in [0, 0.1) is 20.8 Å². The number of hydrogen-bond donors (Lipinski definition) is 1. The highest BCUT2D eigenvalue weighted by atomic mass is 16.2. The van der Waals surface area contributed by atoms with Crippen LogP contribution in [0.2, 0.25) is 0 Å². The summed E-state index contributed by atoms with van der Waals surface area (Å²) in [5.74, 6) is 1.19. The first-order chi connectivity index (χ1) is 15.9. The zero-order valence-electron chi connectivity index (χ0n) is 20.6. The molecule has 1 aromatic heterocycles. The summed E-state index contributed by atoms with van der Waals surface area (Å²) in [4.78, 5) is 20.5. The van der Waals surface area contributed by atoms with Crippen LogP contribution in [-0.4, -0.2) is 34.0 Å². The standard InChI is InChI=1S/C28H36N4O/c1-6-25-30-21(4)26-24(15-14-22-13-12-19(2)20(3)18-22)31(16-17-32(25)26)27(28(33)29-5)23-10-8-7-9-11-23/h7-13,18,24,27H,6,14-17H2,1-5H3,(H,29,33)/t24-,27+/m0/s1. The number of likely N-dealkylation sites (N-methyl/N-ethyl adjacent to an activating group) is 1. The highest BCUT2D eigenvalue weighted by Gasteiger charge is 2.38. The number of carbonyl (C=O) groups excluding carboxylic acids is 1. The van der Waals surface area contributed by atoms with Gasteiger partial charge in [-0.15, -0.1) is 0 Å². The van der Waals surface area contributed by atoms with Crippen LogP contribution in [0.15, 0.2) is 48.5 Å². The molecule has 2 aromatic carbocycles. The Balaban J connectivity index is 1.74. The number of hydrogen-bond acceptors (Lipinski definition) is 3. The lowest BCUT2D eigenvalue weighted by Crippen LogP contribution is -2.46. The molecule has 2 heterocycles. The molecule has 3 aromatic rings. The van der Waals surface area contributed by atoms with Gasteiger partial charge in [-0.3, -0.25) is 9.69 Å². The molecule has 2 atom stereocenters. The molecule has 33 heavy (non-hydrogen) atoms. The number of imidazole rings is 1. The molecular weight excluding hydrogens is 408 g/mol. The number of amides is 1. The number of aryl methyl sites for hydroxylation is 5. The van der Waals surface area contributed by atoms with E-state index in [1.165, 1.54) is 22.4 Å². The van der Waals surface area contributed by atoms with E-state index >= 15 is 0 Å². The van der Waals surface area contributed by atoms with Crippen molar-refractivity contribution < 1.29 is 4.79 Å². The van der Waals surface area contributed by atoms with Crippen molar-refractivity contribution in [2.75, 3.05) is 13.6 Å². The molecular formula is C28H36N4O. The summed E-state index contributed by atoms with van der Waals surface area (Å²) in [5, 5.41) is 2.92. The van der Waals surface area contributed by atoms with E-state index in [-0.39, 0.29) is 18.0 Å². The first-order valence-corrected chi connectivity index (χ1v) is 12.1. The third kappa shape index (κ3) is 4.60. The minimum absolute atomic E-state index is 0.0405. The number of benzene rings is 2. The second-order valence-corrected chi connectivity index (χ2v) is 9.14. The topological polar surface area (TPSA) is 50.2 Å². The van der Waals surface area contributed by atoms with Crippen LogP contribution in [0.4, 0.5) is 0 Å². The molecule has 0 unspecified atom stereocenters. The Morgan fingerprint density at radius 2 is 1.85 bits per heavy atom. The Kier molecular flexibility index (Phi) is 6.99. The molecule has 1 N–H and O–H groups in total. The third-order valence-corrected chi connectivity index (χ3v) is 7.10. The van der Waals surface area contributed by atoms with Gasteiger partial charge in [0.05, 0.1) is 17.4 Å². The molecule has 0 spiro atoms. The highest BCUT2D eigenvalue weighted by molar-refractivity contribution is 5.83. The number of nitrogens with one attached hydrogen (secondary N) is 1. The maximum Gasteiger partial charge on any atom is 0.241 e. The van der Waals surface area contributed by atoms with Gasteiger partial charge in [-0.1, -0.05) is 55.5 Å². The van der Waals surface area contributed by atoms with Crippen LogP contribution in [0.5, 0.6) is 0 Å². The Morgan fingerprint density at radius 1 is 1.09 bits per heavy atom. The zero-order valence-corrected chi connectivity index (χ0v) is 20.6. The summed E-state index contributed by atoms with van der Waals surface area (Å²) in [6.07, 6.45) is 2.82. The Morgan fingerprint density at radius 3 is 2.52 bits per heavy atom. The van der Waals surface area contributed by atoms with Gasteiger partial charge in [0, 0.05) is 26.6 Å². The smallest absolute Gasteiger partial charge is 0.241 e. The zero-order chi connectivity index (χ0) is 23.5. The second kappa shape index (κ2) is 9.92. The van der Waals surface area contributed by atoms with Crippen molar-refractivity contribution in [1.82, 2.24) is 19.8 Å². The fraction of sp³-hybridized carbons (Fsp3) is 0.429. The summed E-state index contributed by atoms with van der Waals surface area (Å²) in [6, 6.07) is 16.7. The molecule has 174 valence electrons. The largest absolute Gasteiger partial charge is 0.358 e. The van der Waals surface area contributed by atoms with Gasteiger partial charge in [-0.25, -0.2) is 4.98 Å². The van der Waals surface area contributed by atoms with Crippen molar-refractivity contribution >= 4 is 5.91 Å². The molecule has 0 fully saturated rings. The molecule has 1 aliphatic heterocycles. The van der Waals surface area contributed by atoms with Crippen molar-refractivity contribution in [2.45, 2.75) is 65.6 Å². The van der Waals surface area contributed by atoms with E-state index in [0.717, 1.165) is 49.4 Å². The SMILES string of the molecule is CCc1nc(C)c2n1CCN([C@@H](C(=O)NC)c1ccccc1)[C@H]2CCc1ccc(C)c(C)c1. The first kappa shape index (κ1) is 23.2. The number of aromatic nitrogens is 2. The quantitative estimate of drug-likeness (QED) is 0.567. The number of nitrogens with zero attached hydrogens (tertiary/aromatic N) is 3. The van der Waals surface area contributed by atoms with Crippen LogP contribution >= 0.6 is 0 Å². The lowest BCUT2D eigenvalue weighted by Gasteiger charge is -2.42. The minimum Gasteiger partial charge on any atom is -0.358 e. The van der Waals surface area contributed by atoms with Gasteiger partial charge < -0.3 is 9.88 Å². The maximum absolute atomic E-state index is 13.2. The van der Waals surface area contributed by atoms with Gasteiger partial charge in [0.15, 0.2) is 0 Å². The summed E-state index contributed by atoms with van der Waals surface area (Å²) in [5.41, 5.74) is 7.39. The third-order valence-electron chi connectivity index (χ3n) is 7.10. The Hall–Kier alpha value is -2.92. The van der Waals surface area contributed by atoms with E-state index in [4.69, 9.17) is 4.98 Å². The minimum atomic E-state index is -0.325. The number of fused-ring (bicyclic) bond motifs is 1. The van der Waals surface area contributed by atoms with Crippen molar-refractivity contribution in [3.63, 3.8) is 0 Å². The summed E-state index contributed by atoms with van der Waals surface area (Å²) >= 11 is 0. The van der Waals surface area contributed by atoms with Crippen LogP contribution < -0.4 is 5.32 Å². The van der Waals surface area contributed by atoms with Gasteiger partial charge in [0.2, 0.25) is 5.91 Å². The van der Waals surface area contributed by atoms with Gasteiger partial charge in [0.25, 0.3) is 0 Å². The molecule has 4 rings (SSSR count). The molecule has 1 aliphatic rings. The van der Waals surface area contributed by atoms with E-state index in [9.17, 15) is 4.79 Å². The average molecular weight is 445 g/mol. The predicted molar refractivity (Wildman–Crippen MR) is 133 cm³/mol. The van der Waals surface area contributed by atoms with E-state index < -0.39 is 0 Å². The highest BCUT2D eigenvalue weighted by Crippen LogP contribution is 2.39. The Bertz CT molecular complexity index is 1120. The lowest BCUT2D eigenvalue weighted by atomic mass is 9.93. The Labute approximate surface area is 197 Å². The molecule has 0 saturated carbocycles. The van der Waals surface area contributed by atoms with Gasteiger partial charge in [-0.2, -0.15) is 0 Å². The number of carbonyl (C=O) groups is 1. The lowest BCUT2D eigenvalue weighted by molar-refractivity contribution is -0.128. The van der Waals surface area contributed by atoms with Crippen molar-refractivity contribution in [2.24, 2.45) is 0 Å². The summed E-state index contributed by atoms with van der Waals surface area (Å²) in [7, 11) is 1.73. The van der Waals surface area contributed by atoms with Crippen LogP contribution in [0.3, 0.4) is 0 Å². The molecule has 0 saturated heterocycles. The molecule has 5 nitrogen and oxygen atoms in total. The van der Waals surface area contributed by atoms with Crippen molar-refractivity contribution in [1.29, 1.82) is 0 Å². The fourth-order valence-electron chi connectivity index (χ4n) is 5.25. The van der Waals surface area contributed by atoms with E-state index in [1.54, 1.807) is 7.05 Å². The average Bonchev–Trinajstić information content (AvgIpc) is 3.16.